The summed E-state index contributed by atoms with van der Waals surface area (Å²) in [5, 5.41) is 12.7. The van der Waals surface area contributed by atoms with E-state index < -0.39 is 0 Å². The summed E-state index contributed by atoms with van der Waals surface area (Å²) >= 11 is 0. The zero-order chi connectivity index (χ0) is 17.9. The molecule has 0 radical (unpaired) electrons. The van der Waals surface area contributed by atoms with Crippen LogP contribution in [0.2, 0.25) is 0 Å². The summed E-state index contributed by atoms with van der Waals surface area (Å²) < 4.78 is 0. The number of fused-ring (bicyclic) bond motifs is 1. The number of likely N-dealkylation sites (tertiary alicyclic amines) is 1. The van der Waals surface area contributed by atoms with Crippen molar-refractivity contribution in [2.75, 3.05) is 38.2 Å². The summed E-state index contributed by atoms with van der Waals surface area (Å²) in [6.45, 7) is 5.50. The molecule has 5 heteroatoms. The van der Waals surface area contributed by atoms with Crippen LogP contribution < -0.4 is 10.2 Å². The number of rotatable bonds is 4. The van der Waals surface area contributed by atoms with Gasteiger partial charge in [0.05, 0.1) is 0 Å². The van der Waals surface area contributed by atoms with Crippen molar-refractivity contribution in [1.82, 2.24) is 10.2 Å². The standard InChI is InChI=1S/C20H31N3O2/c1-3-20(15-24)8-11-23(12-9-20)19(25)21-14-16-6-7-18-17(13-16)5-4-10-22(18)2/h6-7,13,24H,3-5,8-12,14-15H2,1-2H3,(H,21,25). The van der Waals surface area contributed by atoms with Gasteiger partial charge in [0.2, 0.25) is 0 Å². The molecule has 0 atom stereocenters. The number of carbonyl (C=O) groups excluding carboxylic acids is 1. The number of aliphatic hydroxyl groups is 1. The van der Waals surface area contributed by atoms with Crippen molar-refractivity contribution in [2.24, 2.45) is 5.41 Å². The Balaban J connectivity index is 1.53. The van der Waals surface area contributed by atoms with Crippen LogP contribution in [0.4, 0.5) is 10.5 Å². The van der Waals surface area contributed by atoms with Crippen molar-refractivity contribution in [2.45, 2.75) is 45.6 Å². The number of hydrogen-bond donors (Lipinski definition) is 2. The zero-order valence-electron chi connectivity index (χ0n) is 15.6. The lowest BCUT2D eigenvalue weighted by molar-refractivity contribution is 0.0519. The van der Waals surface area contributed by atoms with E-state index in [4.69, 9.17) is 0 Å². The van der Waals surface area contributed by atoms with Gasteiger partial charge < -0.3 is 20.2 Å². The van der Waals surface area contributed by atoms with Crippen molar-refractivity contribution in [3.05, 3.63) is 29.3 Å². The average Bonchev–Trinajstić information content (AvgIpc) is 2.66. The Kier molecular flexibility index (Phi) is 5.52. The lowest BCUT2D eigenvalue weighted by atomic mass is 9.77. The number of carbonyl (C=O) groups is 1. The van der Waals surface area contributed by atoms with Gasteiger partial charge in [-0.25, -0.2) is 4.79 Å². The molecule has 5 nitrogen and oxygen atoms in total. The highest BCUT2D eigenvalue weighted by Crippen LogP contribution is 2.34. The molecule has 0 unspecified atom stereocenters. The van der Waals surface area contributed by atoms with Crippen LogP contribution in [0.1, 0.15) is 43.7 Å². The first-order chi connectivity index (χ1) is 12.1. The van der Waals surface area contributed by atoms with Gasteiger partial charge in [-0.2, -0.15) is 0 Å². The third-order valence-corrected chi connectivity index (χ3v) is 6.14. The molecule has 2 amide bonds. The van der Waals surface area contributed by atoms with Crippen LogP contribution in [0.5, 0.6) is 0 Å². The van der Waals surface area contributed by atoms with Crippen molar-refractivity contribution in [3.63, 3.8) is 0 Å². The van der Waals surface area contributed by atoms with Gasteiger partial charge in [-0.3, -0.25) is 0 Å². The van der Waals surface area contributed by atoms with Crippen LogP contribution in [0.25, 0.3) is 0 Å². The van der Waals surface area contributed by atoms with Crippen LogP contribution in [0.15, 0.2) is 18.2 Å². The number of anilines is 1. The van der Waals surface area contributed by atoms with Crippen LogP contribution in [-0.4, -0.2) is 49.3 Å². The lowest BCUT2D eigenvalue weighted by Gasteiger charge is -2.40. The van der Waals surface area contributed by atoms with Gasteiger partial charge in [0, 0.05) is 45.5 Å². The fraction of sp³-hybridized carbons (Fsp3) is 0.650. The van der Waals surface area contributed by atoms with E-state index in [9.17, 15) is 9.90 Å². The van der Waals surface area contributed by atoms with E-state index in [1.165, 1.54) is 17.7 Å². The Labute approximate surface area is 151 Å². The molecular formula is C20H31N3O2. The van der Waals surface area contributed by atoms with E-state index in [0.29, 0.717) is 6.54 Å². The summed E-state index contributed by atoms with van der Waals surface area (Å²) in [6.07, 6.45) is 5.06. The maximum Gasteiger partial charge on any atom is 0.317 e. The second-order valence-electron chi connectivity index (χ2n) is 7.65. The van der Waals surface area contributed by atoms with Gasteiger partial charge in [-0.1, -0.05) is 19.1 Å². The van der Waals surface area contributed by atoms with E-state index in [0.717, 1.165) is 50.9 Å². The van der Waals surface area contributed by atoms with Crippen LogP contribution in [0.3, 0.4) is 0 Å². The number of urea groups is 1. The number of hydrogen-bond acceptors (Lipinski definition) is 3. The molecule has 2 aliphatic heterocycles. The molecule has 2 N–H and O–H groups in total. The Morgan fingerprint density at radius 1 is 1.28 bits per heavy atom. The summed E-state index contributed by atoms with van der Waals surface area (Å²) in [6, 6.07) is 6.53. The van der Waals surface area contributed by atoms with Crippen molar-refractivity contribution in [1.29, 1.82) is 0 Å². The minimum atomic E-state index is 0.0116. The van der Waals surface area contributed by atoms with Gasteiger partial charge in [0.15, 0.2) is 0 Å². The molecule has 0 aliphatic carbocycles. The molecule has 1 aromatic carbocycles. The highest BCUT2D eigenvalue weighted by molar-refractivity contribution is 5.74. The first-order valence-electron chi connectivity index (χ1n) is 9.53. The minimum Gasteiger partial charge on any atom is -0.396 e. The van der Waals surface area contributed by atoms with E-state index in [1.807, 2.05) is 4.90 Å². The molecule has 138 valence electrons. The Morgan fingerprint density at radius 2 is 2.04 bits per heavy atom. The summed E-state index contributed by atoms with van der Waals surface area (Å²) in [4.78, 5) is 16.6. The lowest BCUT2D eigenvalue weighted by Crippen LogP contribution is -2.48. The van der Waals surface area contributed by atoms with Crippen molar-refractivity contribution >= 4 is 11.7 Å². The summed E-state index contributed by atoms with van der Waals surface area (Å²) in [5.74, 6) is 0. The summed E-state index contributed by atoms with van der Waals surface area (Å²) in [7, 11) is 2.14. The molecule has 1 fully saturated rings. The molecule has 0 aromatic heterocycles. The fourth-order valence-corrected chi connectivity index (χ4v) is 4.05. The zero-order valence-corrected chi connectivity index (χ0v) is 15.6. The third-order valence-electron chi connectivity index (χ3n) is 6.14. The molecule has 1 aromatic rings. The number of nitrogens with zero attached hydrogens (tertiary/aromatic N) is 2. The predicted octanol–water partition coefficient (Wildman–Crippen LogP) is 2.76. The Hall–Kier alpha value is -1.75. The van der Waals surface area contributed by atoms with Gasteiger partial charge >= 0.3 is 6.03 Å². The maximum atomic E-state index is 12.4. The fourth-order valence-electron chi connectivity index (χ4n) is 4.05. The number of benzene rings is 1. The predicted molar refractivity (Wildman–Crippen MR) is 101 cm³/mol. The Bertz CT molecular complexity index is 603. The number of piperidine rings is 1. The number of nitrogens with one attached hydrogen (secondary N) is 1. The molecule has 0 saturated carbocycles. The van der Waals surface area contributed by atoms with Crippen LogP contribution in [0, 0.1) is 5.41 Å². The normalized spacial score (nSPS) is 19.5. The molecule has 3 rings (SSSR count). The van der Waals surface area contributed by atoms with Gasteiger partial charge in [-0.05, 0) is 54.7 Å². The third kappa shape index (κ3) is 3.92. The molecule has 25 heavy (non-hydrogen) atoms. The number of amides is 2. The Morgan fingerprint density at radius 3 is 2.72 bits per heavy atom. The molecule has 2 heterocycles. The maximum absolute atomic E-state index is 12.4. The number of aryl methyl sites for hydroxylation is 1. The van der Waals surface area contributed by atoms with Crippen LogP contribution in [-0.2, 0) is 13.0 Å². The van der Waals surface area contributed by atoms with Crippen LogP contribution >= 0.6 is 0 Å². The average molecular weight is 345 g/mol. The van der Waals surface area contributed by atoms with E-state index in [2.05, 4.69) is 42.4 Å². The minimum absolute atomic E-state index is 0.0116. The molecule has 0 spiro atoms. The molecular weight excluding hydrogens is 314 g/mol. The first kappa shape index (κ1) is 18.1. The smallest absolute Gasteiger partial charge is 0.317 e. The number of aliphatic hydroxyl groups excluding tert-OH is 1. The molecule has 0 bridgehead atoms. The second-order valence-corrected chi connectivity index (χ2v) is 7.65. The topological polar surface area (TPSA) is 55.8 Å². The quantitative estimate of drug-likeness (QED) is 0.882. The summed E-state index contributed by atoms with van der Waals surface area (Å²) in [5.41, 5.74) is 3.88. The van der Waals surface area contributed by atoms with Crippen molar-refractivity contribution < 1.29 is 9.90 Å². The highest BCUT2D eigenvalue weighted by Gasteiger charge is 2.33. The van der Waals surface area contributed by atoms with Gasteiger partial charge in [0.1, 0.15) is 0 Å². The van der Waals surface area contributed by atoms with Gasteiger partial charge in [-0.15, -0.1) is 0 Å². The largest absolute Gasteiger partial charge is 0.396 e. The van der Waals surface area contributed by atoms with E-state index in [1.54, 1.807) is 0 Å². The van der Waals surface area contributed by atoms with E-state index in [-0.39, 0.29) is 18.1 Å². The second kappa shape index (κ2) is 7.65. The van der Waals surface area contributed by atoms with E-state index >= 15 is 0 Å². The van der Waals surface area contributed by atoms with Crippen molar-refractivity contribution in [3.8, 4) is 0 Å². The first-order valence-corrected chi connectivity index (χ1v) is 9.53. The molecule has 2 aliphatic rings. The highest BCUT2D eigenvalue weighted by atomic mass is 16.3. The SMILES string of the molecule is CCC1(CO)CCN(C(=O)NCc2ccc3c(c2)CCCN3C)CC1. The monoisotopic (exact) mass is 345 g/mol. The molecule has 1 saturated heterocycles. The van der Waals surface area contributed by atoms with Gasteiger partial charge in [0.25, 0.3) is 0 Å².